The Kier molecular flexibility index (Phi) is 3.69. The second kappa shape index (κ2) is 5.23. The molecule has 1 fully saturated rings. The second-order valence-corrected chi connectivity index (χ2v) is 4.47. The second-order valence-electron chi connectivity index (χ2n) is 4.09. The summed E-state index contributed by atoms with van der Waals surface area (Å²) >= 11 is 6.09. The van der Waals surface area contributed by atoms with Crippen LogP contribution in [0, 0.1) is 6.92 Å². The summed E-state index contributed by atoms with van der Waals surface area (Å²) in [4.78, 5) is 12.1. The van der Waals surface area contributed by atoms with Crippen molar-refractivity contribution < 1.29 is 4.79 Å². The van der Waals surface area contributed by atoms with Gasteiger partial charge in [0.15, 0.2) is 0 Å². The number of benzene rings is 1. The maximum atomic E-state index is 12.1. The summed E-state index contributed by atoms with van der Waals surface area (Å²) in [5.74, 6) is 0.493. The quantitative estimate of drug-likeness (QED) is 0.624. The Labute approximate surface area is 106 Å². The predicted molar refractivity (Wildman–Crippen MR) is 69.0 cm³/mol. The molecule has 0 aliphatic carbocycles. The molecule has 4 heteroatoms. The van der Waals surface area contributed by atoms with E-state index in [4.69, 9.17) is 11.6 Å². The number of hydrogen-bond donors (Lipinski definition) is 2. The highest BCUT2D eigenvalue weighted by Crippen LogP contribution is 2.15. The fourth-order valence-corrected chi connectivity index (χ4v) is 1.92. The lowest BCUT2D eigenvalue weighted by molar-refractivity contribution is 0.104. The van der Waals surface area contributed by atoms with Gasteiger partial charge in [-0.3, -0.25) is 4.79 Å². The van der Waals surface area contributed by atoms with Crippen LogP contribution in [-0.4, -0.2) is 18.9 Å². The third kappa shape index (κ3) is 2.80. The van der Waals surface area contributed by atoms with Crippen LogP contribution in [0.25, 0.3) is 0 Å². The van der Waals surface area contributed by atoms with Gasteiger partial charge in [-0.25, -0.2) is 0 Å². The summed E-state index contributed by atoms with van der Waals surface area (Å²) in [6.07, 6.45) is 1.03. The Morgan fingerprint density at radius 2 is 1.76 bits per heavy atom. The van der Waals surface area contributed by atoms with E-state index in [1.807, 2.05) is 19.1 Å². The van der Waals surface area contributed by atoms with E-state index in [1.165, 1.54) is 0 Å². The van der Waals surface area contributed by atoms with Crippen LogP contribution >= 0.6 is 11.6 Å². The first-order valence-electron chi connectivity index (χ1n) is 5.67. The lowest BCUT2D eigenvalue weighted by Gasteiger charge is -2.20. The van der Waals surface area contributed by atoms with Crippen molar-refractivity contribution in [2.75, 3.05) is 13.1 Å². The van der Waals surface area contributed by atoms with Crippen LogP contribution < -0.4 is 10.6 Å². The van der Waals surface area contributed by atoms with Gasteiger partial charge in [0.1, 0.15) is 10.9 Å². The lowest BCUT2D eigenvalue weighted by atomic mass is 10.1. The molecule has 0 amide bonds. The molecule has 0 spiro atoms. The highest BCUT2D eigenvalue weighted by molar-refractivity contribution is 6.45. The molecule has 2 N–H and O–H groups in total. The van der Waals surface area contributed by atoms with Crippen LogP contribution in [0.5, 0.6) is 0 Å². The van der Waals surface area contributed by atoms with Gasteiger partial charge >= 0.3 is 0 Å². The number of aryl methyl sites for hydroxylation is 1. The van der Waals surface area contributed by atoms with E-state index in [2.05, 4.69) is 10.6 Å². The third-order valence-corrected chi connectivity index (χ3v) is 3.05. The molecule has 0 bridgehead atoms. The van der Waals surface area contributed by atoms with Crippen LogP contribution in [0.3, 0.4) is 0 Å². The van der Waals surface area contributed by atoms with E-state index in [0.717, 1.165) is 25.1 Å². The molecule has 90 valence electrons. The van der Waals surface area contributed by atoms with Gasteiger partial charge in [0.2, 0.25) is 5.78 Å². The van der Waals surface area contributed by atoms with Crippen molar-refractivity contribution in [3.63, 3.8) is 0 Å². The number of halogens is 1. The van der Waals surface area contributed by atoms with Gasteiger partial charge in [-0.05, 0) is 13.3 Å². The number of allylic oxidation sites excluding steroid dienone is 1. The Balaban J connectivity index is 2.21. The number of ketones is 1. The van der Waals surface area contributed by atoms with Gasteiger partial charge in [-0.2, -0.15) is 0 Å². The molecule has 1 aromatic rings. The van der Waals surface area contributed by atoms with Crippen LogP contribution in [0.4, 0.5) is 0 Å². The molecule has 0 unspecified atom stereocenters. The molecule has 2 rings (SSSR count). The van der Waals surface area contributed by atoms with E-state index >= 15 is 0 Å². The Bertz CT molecular complexity index is 443. The summed E-state index contributed by atoms with van der Waals surface area (Å²) in [6.45, 7) is 3.68. The first kappa shape index (κ1) is 12.0. The van der Waals surface area contributed by atoms with Crippen LogP contribution in [0.1, 0.15) is 22.3 Å². The summed E-state index contributed by atoms with van der Waals surface area (Å²) in [7, 11) is 0. The fraction of sp³-hybridized carbons (Fsp3) is 0.308. The van der Waals surface area contributed by atoms with Crippen LogP contribution in [0.15, 0.2) is 35.1 Å². The van der Waals surface area contributed by atoms with E-state index < -0.39 is 0 Å². The monoisotopic (exact) mass is 250 g/mol. The average Bonchev–Trinajstić information content (AvgIpc) is 2.39. The van der Waals surface area contributed by atoms with Gasteiger partial charge < -0.3 is 10.6 Å². The molecule has 1 heterocycles. The molecule has 3 nitrogen and oxygen atoms in total. The number of nitrogens with one attached hydrogen (secondary N) is 2. The highest BCUT2D eigenvalue weighted by atomic mass is 35.5. The zero-order valence-electron chi connectivity index (χ0n) is 9.72. The van der Waals surface area contributed by atoms with Crippen LogP contribution in [0.2, 0.25) is 0 Å². The molecule has 1 saturated heterocycles. The Morgan fingerprint density at radius 1 is 1.18 bits per heavy atom. The topological polar surface area (TPSA) is 41.1 Å². The first-order valence-corrected chi connectivity index (χ1v) is 6.05. The SMILES string of the molecule is Cc1ccc(C(=O)C(Cl)=C2NCCCN2)cc1. The lowest BCUT2D eigenvalue weighted by Crippen LogP contribution is -2.36. The smallest absolute Gasteiger partial charge is 0.208 e. The van der Waals surface area contributed by atoms with E-state index in [-0.39, 0.29) is 10.8 Å². The van der Waals surface area contributed by atoms with E-state index in [9.17, 15) is 4.79 Å². The summed E-state index contributed by atoms with van der Waals surface area (Å²) < 4.78 is 0. The van der Waals surface area contributed by atoms with Gasteiger partial charge in [-0.15, -0.1) is 0 Å². The fourth-order valence-electron chi connectivity index (χ4n) is 1.68. The van der Waals surface area contributed by atoms with Gasteiger partial charge in [0.25, 0.3) is 0 Å². The molecule has 1 aliphatic rings. The summed E-state index contributed by atoms with van der Waals surface area (Å²) in [5.41, 5.74) is 1.74. The molecule has 0 atom stereocenters. The van der Waals surface area contributed by atoms with E-state index in [1.54, 1.807) is 12.1 Å². The van der Waals surface area contributed by atoms with Crippen molar-refractivity contribution in [2.45, 2.75) is 13.3 Å². The summed E-state index contributed by atoms with van der Waals surface area (Å²) in [6, 6.07) is 7.40. The molecule has 0 saturated carbocycles. The van der Waals surface area contributed by atoms with Gasteiger partial charge in [0.05, 0.1) is 0 Å². The van der Waals surface area contributed by atoms with Crippen molar-refractivity contribution in [2.24, 2.45) is 0 Å². The van der Waals surface area contributed by atoms with Crippen molar-refractivity contribution in [3.8, 4) is 0 Å². The normalized spacial score (nSPS) is 14.8. The number of carbonyl (C=O) groups is 1. The van der Waals surface area contributed by atoms with Crippen molar-refractivity contribution in [1.82, 2.24) is 10.6 Å². The minimum absolute atomic E-state index is 0.149. The van der Waals surface area contributed by atoms with Gasteiger partial charge in [-0.1, -0.05) is 41.4 Å². The molecule has 1 aromatic carbocycles. The Morgan fingerprint density at radius 3 is 2.35 bits per heavy atom. The molecular formula is C13H15ClN2O. The minimum atomic E-state index is -0.149. The molecule has 0 radical (unpaired) electrons. The predicted octanol–water partition coefficient (Wildman–Crippen LogP) is 2.17. The Hall–Kier alpha value is -1.48. The molecule has 0 aromatic heterocycles. The third-order valence-electron chi connectivity index (χ3n) is 2.69. The first-order chi connectivity index (χ1) is 8.18. The van der Waals surface area contributed by atoms with Crippen molar-refractivity contribution in [1.29, 1.82) is 0 Å². The van der Waals surface area contributed by atoms with Crippen molar-refractivity contribution >= 4 is 17.4 Å². The average molecular weight is 251 g/mol. The van der Waals surface area contributed by atoms with Crippen molar-refractivity contribution in [3.05, 3.63) is 46.2 Å². The number of carbonyl (C=O) groups excluding carboxylic acids is 1. The van der Waals surface area contributed by atoms with Gasteiger partial charge in [0, 0.05) is 18.7 Å². The number of rotatable bonds is 2. The largest absolute Gasteiger partial charge is 0.370 e. The maximum Gasteiger partial charge on any atom is 0.208 e. The number of hydrogen-bond acceptors (Lipinski definition) is 3. The maximum absolute atomic E-state index is 12.1. The summed E-state index contributed by atoms with van der Waals surface area (Å²) in [5, 5.41) is 6.42. The molecular weight excluding hydrogens is 236 g/mol. The zero-order valence-corrected chi connectivity index (χ0v) is 10.5. The highest BCUT2D eigenvalue weighted by Gasteiger charge is 2.16. The van der Waals surface area contributed by atoms with Crippen LogP contribution in [-0.2, 0) is 0 Å². The van der Waals surface area contributed by atoms with E-state index in [0.29, 0.717) is 11.4 Å². The minimum Gasteiger partial charge on any atom is -0.370 e. The standard InChI is InChI=1S/C13H15ClN2O/c1-9-3-5-10(6-4-9)12(17)11(14)13-15-7-2-8-16-13/h3-6,15-16H,2,7-8H2,1H3. The molecule has 1 aliphatic heterocycles. The zero-order chi connectivity index (χ0) is 12.3. The number of Topliss-reactive ketones (excluding diaryl/α,β-unsaturated/α-hetero) is 1. The molecule has 17 heavy (non-hydrogen) atoms.